The van der Waals surface area contributed by atoms with E-state index in [1.165, 1.54) is 4.88 Å². The molecule has 0 spiro atoms. The molecule has 4 rings (SSSR count). The number of urea groups is 1. The van der Waals surface area contributed by atoms with E-state index in [1.54, 1.807) is 21.1 Å². The monoisotopic (exact) mass is 445 g/mol. The highest BCUT2D eigenvalue weighted by Crippen LogP contribution is 2.36. The van der Waals surface area contributed by atoms with Crippen LogP contribution in [0.5, 0.6) is 5.75 Å². The number of thioether (sulfide) groups is 1. The number of carbonyl (C=O) groups is 2. The maximum atomic E-state index is 12.9. The van der Waals surface area contributed by atoms with Crippen LogP contribution in [0.25, 0.3) is 0 Å². The number of ether oxygens (including phenoxy) is 1. The Morgan fingerprint density at radius 2 is 1.97 bits per heavy atom. The highest BCUT2D eigenvalue weighted by Gasteiger charge is 2.32. The summed E-state index contributed by atoms with van der Waals surface area (Å²) in [4.78, 5) is 32.5. The molecule has 3 heterocycles. The molecule has 0 radical (unpaired) electrons. The molecule has 1 atom stereocenters. The average molecular weight is 446 g/mol. The van der Waals surface area contributed by atoms with Crippen LogP contribution in [0.2, 0.25) is 0 Å². The van der Waals surface area contributed by atoms with Crippen LogP contribution >= 0.6 is 23.1 Å². The lowest BCUT2D eigenvalue weighted by Gasteiger charge is -2.24. The van der Waals surface area contributed by atoms with Gasteiger partial charge in [0, 0.05) is 47.7 Å². The van der Waals surface area contributed by atoms with Crippen molar-refractivity contribution in [2.45, 2.75) is 18.6 Å². The van der Waals surface area contributed by atoms with Crippen molar-refractivity contribution in [3.63, 3.8) is 0 Å². The van der Waals surface area contributed by atoms with Crippen LogP contribution in [0.4, 0.5) is 10.5 Å². The van der Waals surface area contributed by atoms with Gasteiger partial charge < -0.3 is 14.5 Å². The van der Waals surface area contributed by atoms with Crippen molar-refractivity contribution in [2.75, 3.05) is 50.0 Å². The largest absolute Gasteiger partial charge is 0.494 e. The highest BCUT2D eigenvalue weighted by atomic mass is 32.2. The quantitative estimate of drug-likeness (QED) is 0.672. The van der Waals surface area contributed by atoms with Crippen molar-refractivity contribution in [3.05, 3.63) is 46.7 Å². The molecular weight excluding hydrogens is 418 g/mol. The first-order chi connectivity index (χ1) is 14.7. The van der Waals surface area contributed by atoms with Crippen LogP contribution in [0.3, 0.4) is 0 Å². The van der Waals surface area contributed by atoms with Gasteiger partial charge in [0.05, 0.1) is 6.61 Å². The third kappa shape index (κ3) is 4.75. The molecule has 0 saturated carbocycles. The van der Waals surface area contributed by atoms with E-state index in [2.05, 4.69) is 17.5 Å². The summed E-state index contributed by atoms with van der Waals surface area (Å²) < 4.78 is 5.47. The van der Waals surface area contributed by atoms with Crippen molar-refractivity contribution in [2.24, 2.45) is 0 Å². The lowest BCUT2D eigenvalue weighted by molar-refractivity contribution is -0.131. The summed E-state index contributed by atoms with van der Waals surface area (Å²) in [6, 6.07) is 11.7. The van der Waals surface area contributed by atoms with E-state index in [4.69, 9.17) is 4.74 Å². The zero-order valence-corrected chi connectivity index (χ0v) is 18.8. The predicted molar refractivity (Wildman–Crippen MR) is 123 cm³/mol. The zero-order valence-electron chi connectivity index (χ0n) is 17.2. The minimum atomic E-state index is -0.104. The Morgan fingerprint density at radius 3 is 2.70 bits per heavy atom. The highest BCUT2D eigenvalue weighted by molar-refractivity contribution is 7.99. The fourth-order valence-corrected chi connectivity index (χ4v) is 6.08. The molecule has 6 nitrogen and oxygen atoms in total. The van der Waals surface area contributed by atoms with Gasteiger partial charge in [-0.15, -0.1) is 11.3 Å². The van der Waals surface area contributed by atoms with Gasteiger partial charge in [-0.25, -0.2) is 4.79 Å². The molecule has 3 amide bonds. The molecule has 0 aliphatic carbocycles. The standard InChI is InChI=1S/C22H27N3O3S2/c1-2-28-18-7-5-17(6-8-18)25-12-11-24(22(25)27)16-21(26)23-10-9-20(30-15-13-23)19-4-3-14-29-19/h3-8,14,20H,2,9-13,15-16H2,1H3. The number of amides is 3. The number of hydrogen-bond acceptors (Lipinski definition) is 5. The second-order valence-corrected chi connectivity index (χ2v) is 9.62. The van der Waals surface area contributed by atoms with Gasteiger partial charge in [-0.05, 0) is 49.1 Å². The normalized spacial score (nSPS) is 19.8. The molecule has 1 unspecified atom stereocenters. The van der Waals surface area contributed by atoms with Crippen LogP contribution in [0, 0.1) is 0 Å². The maximum Gasteiger partial charge on any atom is 0.325 e. The van der Waals surface area contributed by atoms with Crippen LogP contribution in [0.1, 0.15) is 23.5 Å². The van der Waals surface area contributed by atoms with Crippen LogP contribution in [0.15, 0.2) is 41.8 Å². The lowest BCUT2D eigenvalue weighted by Crippen LogP contribution is -2.43. The van der Waals surface area contributed by atoms with E-state index in [9.17, 15) is 9.59 Å². The number of hydrogen-bond donors (Lipinski definition) is 0. The van der Waals surface area contributed by atoms with E-state index >= 15 is 0 Å². The molecule has 8 heteroatoms. The third-order valence-corrected chi connectivity index (χ3v) is 7.88. The Hall–Kier alpha value is -2.19. The first-order valence-electron chi connectivity index (χ1n) is 10.4. The van der Waals surface area contributed by atoms with Crippen LogP contribution < -0.4 is 9.64 Å². The molecule has 0 bridgehead atoms. The van der Waals surface area contributed by atoms with Crippen molar-refractivity contribution in [1.82, 2.24) is 9.80 Å². The van der Waals surface area contributed by atoms with E-state index in [0.29, 0.717) is 24.9 Å². The lowest BCUT2D eigenvalue weighted by atomic mass is 10.2. The van der Waals surface area contributed by atoms with Crippen molar-refractivity contribution in [1.29, 1.82) is 0 Å². The molecule has 160 valence electrons. The van der Waals surface area contributed by atoms with Crippen LogP contribution in [-0.2, 0) is 4.79 Å². The first kappa shape index (κ1) is 21.1. The van der Waals surface area contributed by atoms with Gasteiger partial charge in [-0.3, -0.25) is 9.69 Å². The Labute approximate surface area is 185 Å². The fraction of sp³-hybridized carbons (Fsp3) is 0.455. The summed E-state index contributed by atoms with van der Waals surface area (Å²) in [5.74, 6) is 1.77. The number of nitrogens with zero attached hydrogens (tertiary/aromatic N) is 3. The number of anilines is 1. The van der Waals surface area contributed by atoms with Gasteiger partial charge in [0.25, 0.3) is 0 Å². The van der Waals surface area contributed by atoms with Crippen molar-refractivity contribution >= 4 is 40.7 Å². The Kier molecular flexibility index (Phi) is 6.84. The molecule has 2 aliphatic heterocycles. The summed E-state index contributed by atoms with van der Waals surface area (Å²) >= 11 is 3.71. The summed E-state index contributed by atoms with van der Waals surface area (Å²) in [7, 11) is 0. The minimum Gasteiger partial charge on any atom is -0.494 e. The Bertz CT molecular complexity index is 857. The summed E-state index contributed by atoms with van der Waals surface area (Å²) in [6.45, 7) is 5.36. The molecule has 2 aliphatic rings. The molecule has 30 heavy (non-hydrogen) atoms. The number of carbonyl (C=O) groups excluding carboxylic acids is 2. The van der Waals surface area contributed by atoms with Crippen LogP contribution in [-0.4, -0.2) is 66.8 Å². The average Bonchev–Trinajstić information content (AvgIpc) is 3.33. The van der Waals surface area contributed by atoms with Gasteiger partial charge in [0.1, 0.15) is 12.3 Å². The first-order valence-corrected chi connectivity index (χ1v) is 12.3. The van der Waals surface area contributed by atoms with E-state index < -0.39 is 0 Å². The van der Waals surface area contributed by atoms with E-state index in [1.807, 2.05) is 47.9 Å². The molecule has 1 aromatic carbocycles. The molecule has 2 aromatic rings. The summed E-state index contributed by atoms with van der Waals surface area (Å²) in [6.07, 6.45) is 0.961. The molecule has 2 fully saturated rings. The van der Waals surface area contributed by atoms with Gasteiger partial charge in [0.15, 0.2) is 0 Å². The van der Waals surface area contributed by atoms with E-state index in [0.717, 1.165) is 36.7 Å². The topological polar surface area (TPSA) is 53.1 Å². The SMILES string of the molecule is CCOc1ccc(N2CCN(CC(=O)N3CCSC(c4cccs4)CC3)C2=O)cc1. The number of thiophene rings is 1. The Balaban J connectivity index is 1.32. The Morgan fingerprint density at radius 1 is 1.13 bits per heavy atom. The second-order valence-electron chi connectivity index (χ2n) is 7.33. The van der Waals surface area contributed by atoms with Gasteiger partial charge in [0.2, 0.25) is 5.91 Å². The molecule has 2 saturated heterocycles. The van der Waals surface area contributed by atoms with Crippen molar-refractivity contribution < 1.29 is 14.3 Å². The smallest absolute Gasteiger partial charge is 0.325 e. The zero-order chi connectivity index (χ0) is 20.9. The number of benzene rings is 1. The molecule has 1 aromatic heterocycles. The fourth-order valence-electron chi connectivity index (χ4n) is 3.84. The second kappa shape index (κ2) is 9.75. The minimum absolute atomic E-state index is 0.0457. The predicted octanol–water partition coefficient (Wildman–Crippen LogP) is 4.10. The maximum absolute atomic E-state index is 12.9. The van der Waals surface area contributed by atoms with Gasteiger partial charge in [-0.1, -0.05) is 6.07 Å². The molecule has 0 N–H and O–H groups in total. The van der Waals surface area contributed by atoms with Gasteiger partial charge >= 0.3 is 6.03 Å². The summed E-state index contributed by atoms with van der Waals surface area (Å²) in [5, 5.41) is 2.57. The van der Waals surface area contributed by atoms with E-state index in [-0.39, 0.29) is 18.5 Å². The van der Waals surface area contributed by atoms with Crippen molar-refractivity contribution in [3.8, 4) is 5.75 Å². The summed E-state index contributed by atoms with van der Waals surface area (Å²) in [5.41, 5.74) is 0.836. The molecular formula is C22H27N3O3S2. The number of rotatable bonds is 6. The third-order valence-electron chi connectivity index (χ3n) is 5.44. The van der Waals surface area contributed by atoms with Gasteiger partial charge in [-0.2, -0.15) is 11.8 Å².